The number of rotatable bonds is 0. The van der Waals surface area contributed by atoms with Crippen LogP contribution in [0.15, 0.2) is 12.3 Å². The molecule has 0 saturated heterocycles. The van der Waals surface area contributed by atoms with Crippen molar-refractivity contribution in [2.75, 3.05) is 0 Å². The molecule has 0 fully saturated rings. The van der Waals surface area contributed by atoms with Crippen LogP contribution in [0, 0.1) is 6.20 Å². The lowest BCUT2D eigenvalue weighted by Crippen LogP contribution is -2.06. The van der Waals surface area contributed by atoms with Crippen molar-refractivity contribution in [2.45, 2.75) is 6.18 Å². The lowest BCUT2D eigenvalue weighted by atomic mass is 10.3. The zero-order valence-corrected chi connectivity index (χ0v) is 5.87. The summed E-state index contributed by atoms with van der Waals surface area (Å²) in [5.74, 6) is 0. The summed E-state index contributed by atoms with van der Waals surface area (Å²) in [6.07, 6.45) is -1.55. The zero-order valence-electron chi connectivity index (χ0n) is 5.11. The molecule has 1 nitrogen and oxygen atoms in total. The fourth-order valence-corrected chi connectivity index (χ4v) is 0.746. The molecule has 0 unspecified atom stereocenters. The van der Waals surface area contributed by atoms with E-state index in [1.165, 1.54) is 0 Å². The number of aromatic nitrogens is 1. The van der Waals surface area contributed by atoms with E-state index in [2.05, 4.69) is 4.98 Å². The van der Waals surface area contributed by atoms with Crippen molar-refractivity contribution in [3.05, 3.63) is 29.0 Å². The molecule has 0 saturated carbocycles. The molecule has 0 spiro atoms. The van der Waals surface area contributed by atoms with Gasteiger partial charge in [0, 0.05) is 6.20 Å². The fraction of sp³-hybridized carbons (Fsp3) is 0.167. The second-order valence-corrected chi connectivity index (χ2v) is 2.18. The molecule has 5 heteroatoms. The van der Waals surface area contributed by atoms with Gasteiger partial charge >= 0.3 is 6.18 Å². The van der Waals surface area contributed by atoms with Gasteiger partial charge in [0.2, 0.25) is 0 Å². The van der Waals surface area contributed by atoms with Crippen LogP contribution in [-0.2, 0) is 6.18 Å². The number of halogens is 4. The van der Waals surface area contributed by atoms with Crippen LogP contribution < -0.4 is 0 Å². The lowest BCUT2D eigenvalue weighted by Gasteiger charge is -2.05. The maximum atomic E-state index is 11.9. The topological polar surface area (TPSA) is 12.9 Å². The molecular formula is C6H2ClF3N. The zero-order chi connectivity index (χ0) is 8.48. The van der Waals surface area contributed by atoms with Crippen LogP contribution in [0.25, 0.3) is 0 Å². The molecule has 0 aliphatic heterocycles. The molecule has 1 rings (SSSR count). The first-order valence-electron chi connectivity index (χ1n) is 2.61. The van der Waals surface area contributed by atoms with Crippen molar-refractivity contribution >= 4 is 11.6 Å². The largest absolute Gasteiger partial charge is 0.420 e. The normalized spacial score (nSPS) is 11.6. The maximum absolute atomic E-state index is 11.9. The van der Waals surface area contributed by atoms with Gasteiger partial charge in [-0.25, -0.2) is 0 Å². The predicted octanol–water partition coefficient (Wildman–Crippen LogP) is 2.55. The first kappa shape index (κ1) is 8.33. The van der Waals surface area contributed by atoms with Gasteiger partial charge in [-0.3, -0.25) is 4.98 Å². The van der Waals surface area contributed by atoms with Crippen molar-refractivity contribution in [3.8, 4) is 0 Å². The van der Waals surface area contributed by atoms with E-state index in [4.69, 9.17) is 11.6 Å². The molecular weight excluding hydrogens is 179 g/mol. The number of nitrogens with zero attached hydrogens (tertiary/aromatic N) is 1. The first-order chi connectivity index (χ1) is 5.02. The van der Waals surface area contributed by atoms with Crippen molar-refractivity contribution in [3.63, 3.8) is 0 Å². The Labute approximate surface area is 65.8 Å². The standard InChI is InChI=1S/C6H2ClF3N/c7-5-1-2-11-3-4(5)6(8,9)10/h1-2H. The van der Waals surface area contributed by atoms with E-state index in [9.17, 15) is 13.2 Å². The Bertz CT molecular complexity index is 258. The Hall–Kier alpha value is -0.770. The number of hydrogen-bond donors (Lipinski definition) is 0. The minimum Gasteiger partial charge on any atom is -0.254 e. The Balaban J connectivity index is 3.14. The lowest BCUT2D eigenvalue weighted by molar-refractivity contribution is -0.137. The predicted molar refractivity (Wildman–Crippen MR) is 33.1 cm³/mol. The van der Waals surface area contributed by atoms with Crippen molar-refractivity contribution in [1.82, 2.24) is 4.98 Å². The van der Waals surface area contributed by atoms with Crippen LogP contribution in [0.5, 0.6) is 0 Å². The van der Waals surface area contributed by atoms with Gasteiger partial charge in [-0.15, -0.1) is 0 Å². The van der Waals surface area contributed by atoms with Gasteiger partial charge in [0.05, 0.1) is 5.02 Å². The molecule has 1 heterocycles. The highest BCUT2D eigenvalue weighted by Gasteiger charge is 2.33. The molecule has 1 radical (unpaired) electrons. The number of pyridine rings is 1. The molecule has 1 aromatic heterocycles. The highest BCUT2D eigenvalue weighted by molar-refractivity contribution is 6.31. The summed E-state index contributed by atoms with van der Waals surface area (Å²) in [5.41, 5.74) is -1.03. The summed E-state index contributed by atoms with van der Waals surface area (Å²) in [6.45, 7) is 0. The summed E-state index contributed by atoms with van der Waals surface area (Å²) < 4.78 is 35.7. The van der Waals surface area contributed by atoms with Crippen LogP contribution >= 0.6 is 11.6 Å². The number of alkyl halides is 3. The van der Waals surface area contributed by atoms with Crippen molar-refractivity contribution in [1.29, 1.82) is 0 Å². The highest BCUT2D eigenvalue weighted by atomic mass is 35.5. The third kappa shape index (κ3) is 1.83. The summed E-state index contributed by atoms with van der Waals surface area (Å²) in [7, 11) is 0. The monoisotopic (exact) mass is 180 g/mol. The molecule has 0 N–H and O–H groups in total. The fourth-order valence-electron chi connectivity index (χ4n) is 0.540. The van der Waals surface area contributed by atoms with Gasteiger partial charge in [-0.2, -0.15) is 13.2 Å². The SMILES string of the molecule is FC(F)(F)c1[c]nccc1Cl. The van der Waals surface area contributed by atoms with E-state index in [0.717, 1.165) is 12.3 Å². The van der Waals surface area contributed by atoms with Crippen LogP contribution in [0.3, 0.4) is 0 Å². The maximum Gasteiger partial charge on any atom is 0.420 e. The van der Waals surface area contributed by atoms with Gasteiger partial charge in [0.25, 0.3) is 0 Å². The summed E-state index contributed by atoms with van der Waals surface area (Å²) in [4.78, 5) is 3.18. The van der Waals surface area contributed by atoms with E-state index >= 15 is 0 Å². The quantitative estimate of drug-likeness (QED) is 0.598. The molecule has 59 valence electrons. The van der Waals surface area contributed by atoms with E-state index in [0.29, 0.717) is 0 Å². The van der Waals surface area contributed by atoms with Gasteiger partial charge in [0.15, 0.2) is 0 Å². The molecule has 0 amide bonds. The van der Waals surface area contributed by atoms with E-state index < -0.39 is 11.7 Å². The third-order valence-corrected chi connectivity index (χ3v) is 1.31. The Morgan fingerprint density at radius 3 is 2.45 bits per heavy atom. The molecule has 11 heavy (non-hydrogen) atoms. The smallest absolute Gasteiger partial charge is 0.254 e. The van der Waals surface area contributed by atoms with Gasteiger partial charge in [-0.1, -0.05) is 11.6 Å². The van der Waals surface area contributed by atoms with E-state index in [1.54, 1.807) is 6.20 Å². The van der Waals surface area contributed by atoms with Crippen molar-refractivity contribution < 1.29 is 13.2 Å². The molecule has 1 aromatic rings. The summed E-state index contributed by atoms with van der Waals surface area (Å²) in [5, 5.41) is -0.382. The van der Waals surface area contributed by atoms with E-state index in [-0.39, 0.29) is 5.02 Å². The molecule has 0 atom stereocenters. The minimum atomic E-state index is -4.47. The third-order valence-electron chi connectivity index (χ3n) is 0.994. The molecule has 0 aliphatic rings. The second kappa shape index (κ2) is 2.70. The Kier molecular flexibility index (Phi) is 2.04. The van der Waals surface area contributed by atoms with Crippen LogP contribution in [0.1, 0.15) is 5.56 Å². The van der Waals surface area contributed by atoms with Gasteiger partial charge < -0.3 is 0 Å². The average molecular weight is 181 g/mol. The van der Waals surface area contributed by atoms with Crippen LogP contribution in [-0.4, -0.2) is 4.98 Å². The summed E-state index contributed by atoms with van der Waals surface area (Å²) >= 11 is 5.22. The Morgan fingerprint density at radius 1 is 1.45 bits per heavy atom. The van der Waals surface area contributed by atoms with Gasteiger partial charge in [0.1, 0.15) is 11.8 Å². The molecule has 0 aliphatic carbocycles. The molecule has 0 bridgehead atoms. The highest BCUT2D eigenvalue weighted by Crippen LogP contribution is 2.32. The average Bonchev–Trinajstić information content (AvgIpc) is 1.86. The number of hydrogen-bond acceptors (Lipinski definition) is 1. The first-order valence-corrected chi connectivity index (χ1v) is 2.99. The van der Waals surface area contributed by atoms with Crippen molar-refractivity contribution in [2.24, 2.45) is 0 Å². The van der Waals surface area contributed by atoms with Gasteiger partial charge in [-0.05, 0) is 6.07 Å². The molecule has 0 aromatic carbocycles. The second-order valence-electron chi connectivity index (χ2n) is 1.78. The van der Waals surface area contributed by atoms with E-state index in [1.807, 2.05) is 0 Å². The Morgan fingerprint density at radius 2 is 2.09 bits per heavy atom. The van der Waals surface area contributed by atoms with Crippen LogP contribution in [0.4, 0.5) is 13.2 Å². The van der Waals surface area contributed by atoms with Crippen LogP contribution in [0.2, 0.25) is 5.02 Å². The minimum absolute atomic E-state index is 0.382. The summed E-state index contributed by atoms with van der Waals surface area (Å²) in [6, 6.07) is 1.07.